The number of phosphoric acid groups is 1. The summed E-state index contributed by atoms with van der Waals surface area (Å²) in [6, 6.07) is 0. The number of carbonyl (C=O) groups excluding carboxylic acids is 2. The van der Waals surface area contributed by atoms with Gasteiger partial charge in [-0.2, -0.15) is 0 Å². The van der Waals surface area contributed by atoms with Gasteiger partial charge in [-0.05, 0) is 90.5 Å². The van der Waals surface area contributed by atoms with Gasteiger partial charge in [0.05, 0.1) is 13.2 Å². The maximum atomic E-state index is 12.6. The number of esters is 2. The predicted molar refractivity (Wildman–Crippen MR) is 233 cm³/mol. The number of nitrogens with one attached hydrogen (secondary N) is 1. The van der Waals surface area contributed by atoms with Crippen LogP contribution in [-0.2, 0) is 32.7 Å². The minimum absolute atomic E-state index is 0.0391. The van der Waals surface area contributed by atoms with Gasteiger partial charge in [-0.1, -0.05) is 144 Å². The van der Waals surface area contributed by atoms with Crippen molar-refractivity contribution in [3.63, 3.8) is 0 Å². The van der Waals surface area contributed by atoms with Gasteiger partial charge in [0.2, 0.25) is 0 Å². The minimum Gasteiger partial charge on any atom is -0.462 e. The van der Waals surface area contributed by atoms with E-state index in [1.54, 1.807) is 7.05 Å². The van der Waals surface area contributed by atoms with Crippen LogP contribution in [0.3, 0.4) is 0 Å². The molecule has 2 N–H and O–H groups in total. The smallest absolute Gasteiger partial charge is 0.462 e. The molecule has 0 aromatic heterocycles. The quantitative estimate of drug-likeness (QED) is 0.0271. The number of rotatable bonds is 39. The Morgan fingerprint density at radius 3 is 1.46 bits per heavy atom. The first-order valence-corrected chi connectivity index (χ1v) is 23.0. The molecule has 2 unspecified atom stereocenters. The highest BCUT2D eigenvalue weighted by Gasteiger charge is 2.26. The second-order valence-electron chi connectivity index (χ2n) is 13.8. The van der Waals surface area contributed by atoms with Crippen molar-refractivity contribution in [1.82, 2.24) is 5.32 Å². The zero-order valence-electron chi connectivity index (χ0n) is 35.3. The SMILES string of the molecule is CCCCC/C=C\C/C=C\C/C=C\C/C=C\CCCC(=O)OC(COC(=O)CCC/C=C\C/C=C\C/C=C\CCCCCCCC)COP(=O)(O)OCCNC. The van der Waals surface area contributed by atoms with Crippen molar-refractivity contribution in [2.24, 2.45) is 0 Å². The lowest BCUT2D eigenvalue weighted by atomic mass is 10.1. The highest BCUT2D eigenvalue weighted by molar-refractivity contribution is 7.47. The molecule has 0 heterocycles. The average molecular weight is 804 g/mol. The Labute approximate surface area is 341 Å². The fourth-order valence-corrected chi connectivity index (χ4v) is 5.96. The third-order valence-corrected chi connectivity index (χ3v) is 9.47. The van der Waals surface area contributed by atoms with Crippen LogP contribution in [0, 0.1) is 0 Å². The third-order valence-electron chi connectivity index (χ3n) is 8.49. The summed E-state index contributed by atoms with van der Waals surface area (Å²) < 4.78 is 33.0. The van der Waals surface area contributed by atoms with Crippen LogP contribution in [0.25, 0.3) is 0 Å². The van der Waals surface area contributed by atoms with Crippen LogP contribution in [-0.4, -0.2) is 56.3 Å². The van der Waals surface area contributed by atoms with Crippen LogP contribution >= 0.6 is 7.82 Å². The average Bonchev–Trinajstić information content (AvgIpc) is 3.18. The molecule has 0 saturated carbocycles. The molecule has 2 atom stereocenters. The number of hydrogen-bond acceptors (Lipinski definition) is 8. The summed E-state index contributed by atoms with van der Waals surface area (Å²) in [6.07, 6.45) is 50.7. The van der Waals surface area contributed by atoms with Crippen molar-refractivity contribution in [3.8, 4) is 0 Å². The summed E-state index contributed by atoms with van der Waals surface area (Å²) in [7, 11) is -2.69. The molecule has 0 spiro atoms. The van der Waals surface area contributed by atoms with E-state index in [2.05, 4.69) is 98.2 Å². The van der Waals surface area contributed by atoms with Crippen LogP contribution < -0.4 is 5.32 Å². The molecular formula is C46H78NO8P. The van der Waals surface area contributed by atoms with Gasteiger partial charge in [0, 0.05) is 19.4 Å². The number of hydrogen-bond donors (Lipinski definition) is 2. The van der Waals surface area contributed by atoms with Crippen molar-refractivity contribution in [1.29, 1.82) is 0 Å². The first kappa shape index (κ1) is 53.2. The van der Waals surface area contributed by atoms with E-state index in [-0.39, 0.29) is 26.1 Å². The van der Waals surface area contributed by atoms with E-state index in [4.69, 9.17) is 18.5 Å². The van der Waals surface area contributed by atoms with Crippen molar-refractivity contribution < 1.29 is 37.6 Å². The summed E-state index contributed by atoms with van der Waals surface area (Å²) in [5.74, 6) is -0.942. The van der Waals surface area contributed by atoms with Crippen LogP contribution in [0.15, 0.2) is 85.1 Å². The lowest BCUT2D eigenvalue weighted by Crippen LogP contribution is -2.29. The number of unbranched alkanes of at least 4 members (excludes halogenated alkanes) is 11. The fraction of sp³-hybridized carbons (Fsp3) is 0.652. The van der Waals surface area contributed by atoms with Crippen molar-refractivity contribution in [3.05, 3.63) is 85.1 Å². The van der Waals surface area contributed by atoms with E-state index >= 15 is 0 Å². The second-order valence-corrected chi connectivity index (χ2v) is 15.3. The van der Waals surface area contributed by atoms with E-state index < -0.39 is 32.5 Å². The van der Waals surface area contributed by atoms with Gasteiger partial charge in [0.15, 0.2) is 6.10 Å². The van der Waals surface area contributed by atoms with E-state index in [0.29, 0.717) is 25.8 Å². The van der Waals surface area contributed by atoms with Gasteiger partial charge in [0.25, 0.3) is 0 Å². The standard InChI is InChI=1S/C46H78NO8P/c1-4-6-8-10-12-14-16-18-20-22-24-26-28-30-32-34-36-38-45(48)52-42-44(43-54-56(50,51)53-41-40-47-3)55-46(49)39-37-35-33-31-29-27-25-23-21-19-17-15-13-11-9-7-5-2/h13,15,18-21,24-27,30-33,44,47H,4-12,14,16-17,22-23,28-29,34-43H2,1-3H3,(H,50,51)/b15-13-,20-18-,21-19-,26-24-,27-25-,32-30-,33-31-. The molecule has 0 amide bonds. The van der Waals surface area contributed by atoms with Crippen LogP contribution in [0.4, 0.5) is 0 Å². The zero-order valence-corrected chi connectivity index (χ0v) is 36.2. The number of carbonyl (C=O) groups is 2. The van der Waals surface area contributed by atoms with Gasteiger partial charge in [-0.3, -0.25) is 18.6 Å². The van der Waals surface area contributed by atoms with E-state index in [1.165, 1.54) is 64.2 Å². The van der Waals surface area contributed by atoms with Crippen LogP contribution in [0.2, 0.25) is 0 Å². The van der Waals surface area contributed by atoms with Crippen LogP contribution in [0.5, 0.6) is 0 Å². The molecule has 0 aliphatic carbocycles. The molecule has 0 fully saturated rings. The third kappa shape index (κ3) is 40.8. The summed E-state index contributed by atoms with van der Waals surface area (Å²) in [5.41, 5.74) is 0. The van der Waals surface area contributed by atoms with Gasteiger partial charge in [-0.15, -0.1) is 0 Å². The molecule has 0 aliphatic heterocycles. The molecule has 10 heteroatoms. The number of allylic oxidation sites excluding steroid dienone is 14. The zero-order chi connectivity index (χ0) is 41.1. The molecule has 0 bridgehead atoms. The Bertz CT molecular complexity index is 1190. The summed E-state index contributed by atoms with van der Waals surface area (Å²) in [5, 5.41) is 2.81. The van der Waals surface area contributed by atoms with Gasteiger partial charge in [-0.25, -0.2) is 4.57 Å². The van der Waals surface area contributed by atoms with Crippen molar-refractivity contribution >= 4 is 19.8 Å². The second kappa shape index (κ2) is 41.8. The molecule has 320 valence electrons. The monoisotopic (exact) mass is 804 g/mol. The Morgan fingerprint density at radius 2 is 0.964 bits per heavy atom. The van der Waals surface area contributed by atoms with E-state index in [0.717, 1.165) is 44.9 Å². The summed E-state index contributed by atoms with van der Waals surface area (Å²) >= 11 is 0. The molecule has 56 heavy (non-hydrogen) atoms. The number of likely N-dealkylation sites (N-methyl/N-ethyl adjacent to an activating group) is 1. The predicted octanol–water partition coefficient (Wildman–Crippen LogP) is 12.3. The summed E-state index contributed by atoms with van der Waals surface area (Å²) in [4.78, 5) is 35.0. The largest absolute Gasteiger partial charge is 0.472 e. The van der Waals surface area contributed by atoms with E-state index in [9.17, 15) is 19.0 Å². The first-order valence-electron chi connectivity index (χ1n) is 21.5. The molecule has 0 radical (unpaired) electrons. The first-order chi connectivity index (χ1) is 27.3. The molecule has 0 aliphatic rings. The number of phosphoric ester groups is 1. The Morgan fingerprint density at radius 1 is 0.554 bits per heavy atom. The minimum atomic E-state index is -4.38. The fourth-order valence-electron chi connectivity index (χ4n) is 5.21. The number of ether oxygens (including phenoxy) is 2. The maximum absolute atomic E-state index is 12.6. The molecule has 0 aromatic rings. The Kier molecular flexibility index (Phi) is 39.7. The van der Waals surface area contributed by atoms with Gasteiger partial charge < -0.3 is 19.7 Å². The van der Waals surface area contributed by atoms with Gasteiger partial charge >= 0.3 is 19.8 Å². The molecule has 9 nitrogen and oxygen atoms in total. The Balaban J connectivity index is 4.43. The lowest BCUT2D eigenvalue weighted by molar-refractivity contribution is -0.161. The molecule has 0 rings (SSSR count). The van der Waals surface area contributed by atoms with Crippen molar-refractivity contribution in [2.45, 2.75) is 161 Å². The normalized spacial score (nSPS) is 14.1. The van der Waals surface area contributed by atoms with Gasteiger partial charge in [0.1, 0.15) is 6.61 Å². The Hall–Kier alpha value is -2.81. The highest BCUT2D eigenvalue weighted by Crippen LogP contribution is 2.43. The lowest BCUT2D eigenvalue weighted by Gasteiger charge is -2.20. The summed E-state index contributed by atoms with van der Waals surface area (Å²) in [6.45, 7) is 4.04. The van der Waals surface area contributed by atoms with E-state index in [1.807, 2.05) is 6.08 Å². The highest BCUT2D eigenvalue weighted by atomic mass is 31.2. The van der Waals surface area contributed by atoms with Crippen LogP contribution in [0.1, 0.15) is 155 Å². The molecule has 0 aromatic carbocycles. The topological polar surface area (TPSA) is 120 Å². The molecular weight excluding hydrogens is 725 g/mol. The molecule has 0 saturated heterocycles. The van der Waals surface area contributed by atoms with Crippen molar-refractivity contribution in [2.75, 3.05) is 33.4 Å². The maximum Gasteiger partial charge on any atom is 0.472 e.